The number of ether oxygens (including phenoxy) is 1. The third kappa shape index (κ3) is 21.2. The van der Waals surface area contributed by atoms with E-state index >= 15 is 0 Å². The first-order valence-electron chi connectivity index (χ1n) is 15.5. The van der Waals surface area contributed by atoms with Crippen molar-refractivity contribution < 1.29 is 9.53 Å². The summed E-state index contributed by atoms with van der Waals surface area (Å²) in [5, 5.41) is 3.45. The Morgan fingerprint density at radius 1 is 0.686 bits per heavy atom. The standard InChI is InChI=1S/C31H62N2O2/c1-29(33-27-25-32-26-28-33)23-21-19-17-15-13-11-9-7-5-6-8-10-12-14-16-18-20-22-24-30(34)35-31(2,3)4/h29,32H,5-28H2,1-4H3/t29-/m1/s1. The van der Waals surface area contributed by atoms with E-state index in [1.807, 2.05) is 20.8 Å². The maximum atomic E-state index is 11.7. The van der Waals surface area contributed by atoms with Gasteiger partial charge in [0.1, 0.15) is 5.60 Å². The van der Waals surface area contributed by atoms with Gasteiger partial charge in [-0.2, -0.15) is 0 Å². The average molecular weight is 495 g/mol. The number of carbonyl (C=O) groups is 1. The van der Waals surface area contributed by atoms with Crippen LogP contribution in [0.25, 0.3) is 0 Å². The summed E-state index contributed by atoms with van der Waals surface area (Å²) in [6.07, 6.45) is 26.7. The van der Waals surface area contributed by atoms with E-state index in [4.69, 9.17) is 4.74 Å². The highest BCUT2D eigenvalue weighted by Gasteiger charge is 2.16. The number of piperazine rings is 1. The lowest BCUT2D eigenvalue weighted by molar-refractivity contribution is -0.154. The molecule has 0 bridgehead atoms. The van der Waals surface area contributed by atoms with Crippen LogP contribution in [-0.4, -0.2) is 48.7 Å². The molecule has 0 saturated carbocycles. The molecule has 1 aliphatic heterocycles. The smallest absolute Gasteiger partial charge is 0.306 e. The van der Waals surface area contributed by atoms with Crippen molar-refractivity contribution in [3.63, 3.8) is 0 Å². The molecule has 1 aliphatic rings. The molecule has 1 N–H and O–H groups in total. The van der Waals surface area contributed by atoms with Crippen molar-refractivity contribution >= 4 is 5.97 Å². The van der Waals surface area contributed by atoms with Gasteiger partial charge >= 0.3 is 5.97 Å². The minimum absolute atomic E-state index is 0.0422. The molecule has 0 aromatic heterocycles. The molecule has 208 valence electrons. The molecule has 4 nitrogen and oxygen atoms in total. The van der Waals surface area contributed by atoms with Gasteiger partial charge in [0.2, 0.25) is 0 Å². The lowest BCUT2D eigenvalue weighted by atomic mass is 10.0. The first-order valence-corrected chi connectivity index (χ1v) is 15.5. The normalized spacial score (nSPS) is 15.9. The molecule has 1 saturated heterocycles. The summed E-state index contributed by atoms with van der Waals surface area (Å²) in [4.78, 5) is 14.3. The quantitative estimate of drug-likeness (QED) is 0.121. The number of nitrogens with zero attached hydrogens (tertiary/aromatic N) is 1. The molecular formula is C31H62N2O2. The average Bonchev–Trinajstić information content (AvgIpc) is 2.82. The van der Waals surface area contributed by atoms with Crippen molar-refractivity contribution in [1.82, 2.24) is 10.2 Å². The highest BCUT2D eigenvalue weighted by Crippen LogP contribution is 2.16. The van der Waals surface area contributed by atoms with Crippen LogP contribution in [0, 0.1) is 0 Å². The van der Waals surface area contributed by atoms with Crippen molar-refractivity contribution in [2.45, 2.75) is 168 Å². The lowest BCUT2D eigenvalue weighted by Crippen LogP contribution is -2.47. The van der Waals surface area contributed by atoms with Crippen LogP contribution < -0.4 is 5.32 Å². The number of rotatable bonds is 22. The number of esters is 1. The van der Waals surface area contributed by atoms with Crippen LogP contribution in [-0.2, 0) is 9.53 Å². The Bertz CT molecular complexity index is 483. The van der Waals surface area contributed by atoms with E-state index in [9.17, 15) is 4.79 Å². The van der Waals surface area contributed by atoms with E-state index in [2.05, 4.69) is 17.1 Å². The highest BCUT2D eigenvalue weighted by atomic mass is 16.6. The third-order valence-electron chi connectivity index (χ3n) is 7.45. The minimum Gasteiger partial charge on any atom is -0.460 e. The minimum atomic E-state index is -0.347. The molecule has 1 fully saturated rings. The van der Waals surface area contributed by atoms with Crippen LogP contribution >= 0.6 is 0 Å². The predicted molar refractivity (Wildman–Crippen MR) is 152 cm³/mol. The van der Waals surface area contributed by atoms with Crippen LogP contribution in [0.2, 0.25) is 0 Å². The molecule has 0 aromatic rings. The van der Waals surface area contributed by atoms with E-state index in [1.54, 1.807) is 0 Å². The first-order chi connectivity index (χ1) is 16.9. The monoisotopic (exact) mass is 494 g/mol. The molecule has 0 amide bonds. The Labute approximate surface area is 219 Å². The molecule has 0 aromatic carbocycles. The van der Waals surface area contributed by atoms with Gasteiger partial charge in [-0.1, -0.05) is 109 Å². The molecule has 0 spiro atoms. The fourth-order valence-electron chi connectivity index (χ4n) is 5.24. The summed E-state index contributed by atoms with van der Waals surface area (Å²) in [7, 11) is 0. The second-order valence-electron chi connectivity index (χ2n) is 12.1. The van der Waals surface area contributed by atoms with E-state index in [0.29, 0.717) is 6.42 Å². The molecular weight excluding hydrogens is 432 g/mol. The van der Waals surface area contributed by atoms with E-state index < -0.39 is 0 Å². The number of unbranched alkanes of at least 4 members (excludes halogenated alkanes) is 17. The Balaban J connectivity index is 1.71. The van der Waals surface area contributed by atoms with Crippen LogP contribution in [0.5, 0.6) is 0 Å². The van der Waals surface area contributed by atoms with Crippen molar-refractivity contribution in [2.24, 2.45) is 0 Å². The van der Waals surface area contributed by atoms with E-state index in [0.717, 1.165) is 18.9 Å². The second-order valence-corrected chi connectivity index (χ2v) is 12.1. The topological polar surface area (TPSA) is 41.6 Å². The number of hydrogen-bond acceptors (Lipinski definition) is 4. The zero-order valence-electron chi connectivity index (χ0n) is 24.3. The van der Waals surface area contributed by atoms with Gasteiger partial charge in [-0.25, -0.2) is 0 Å². The molecule has 1 heterocycles. The molecule has 1 atom stereocenters. The summed E-state index contributed by atoms with van der Waals surface area (Å²) < 4.78 is 5.36. The summed E-state index contributed by atoms with van der Waals surface area (Å²) in [5.74, 6) is -0.0422. The molecule has 1 rings (SSSR count). The molecule has 0 aliphatic carbocycles. The highest BCUT2D eigenvalue weighted by molar-refractivity contribution is 5.69. The maximum absolute atomic E-state index is 11.7. The zero-order chi connectivity index (χ0) is 25.6. The van der Waals surface area contributed by atoms with Crippen molar-refractivity contribution in [1.29, 1.82) is 0 Å². The van der Waals surface area contributed by atoms with E-state index in [-0.39, 0.29) is 11.6 Å². The molecule has 0 radical (unpaired) electrons. The Kier molecular flexibility index (Phi) is 19.9. The van der Waals surface area contributed by atoms with Crippen LogP contribution in [0.4, 0.5) is 0 Å². The summed E-state index contributed by atoms with van der Waals surface area (Å²) in [5.41, 5.74) is -0.347. The van der Waals surface area contributed by atoms with Crippen molar-refractivity contribution in [3.05, 3.63) is 0 Å². The van der Waals surface area contributed by atoms with E-state index in [1.165, 1.54) is 135 Å². The third-order valence-corrected chi connectivity index (χ3v) is 7.45. The maximum Gasteiger partial charge on any atom is 0.306 e. The predicted octanol–water partition coefficient (Wildman–Crippen LogP) is 8.42. The largest absolute Gasteiger partial charge is 0.460 e. The Hall–Kier alpha value is -0.610. The summed E-state index contributed by atoms with van der Waals surface area (Å²) in [6.45, 7) is 13.0. The Morgan fingerprint density at radius 3 is 1.46 bits per heavy atom. The number of carbonyl (C=O) groups excluding carboxylic acids is 1. The van der Waals surface area contributed by atoms with Crippen LogP contribution in [0.15, 0.2) is 0 Å². The van der Waals surface area contributed by atoms with Gasteiger partial charge in [-0.05, 0) is 40.5 Å². The fraction of sp³-hybridized carbons (Fsp3) is 0.968. The van der Waals surface area contributed by atoms with Crippen molar-refractivity contribution in [3.8, 4) is 0 Å². The van der Waals surface area contributed by atoms with Crippen molar-refractivity contribution in [2.75, 3.05) is 26.2 Å². The molecule has 0 unspecified atom stereocenters. The summed E-state index contributed by atoms with van der Waals surface area (Å²) >= 11 is 0. The Morgan fingerprint density at radius 2 is 1.06 bits per heavy atom. The summed E-state index contributed by atoms with van der Waals surface area (Å²) in [6, 6.07) is 0.777. The van der Waals surface area contributed by atoms with Gasteiger partial charge in [0, 0.05) is 38.6 Å². The first kappa shape index (κ1) is 32.4. The van der Waals surface area contributed by atoms with Gasteiger partial charge in [0.05, 0.1) is 0 Å². The SMILES string of the molecule is C[C@H](CCCCCCCCCCCCCCCCCCCCC(=O)OC(C)(C)C)N1CCNCC1. The number of hydrogen-bond donors (Lipinski definition) is 1. The van der Waals surface area contributed by atoms with Gasteiger partial charge in [-0.15, -0.1) is 0 Å². The van der Waals surface area contributed by atoms with Crippen LogP contribution in [0.1, 0.15) is 156 Å². The van der Waals surface area contributed by atoms with Gasteiger partial charge < -0.3 is 10.1 Å². The van der Waals surface area contributed by atoms with Gasteiger partial charge in [0.15, 0.2) is 0 Å². The van der Waals surface area contributed by atoms with Crippen LogP contribution in [0.3, 0.4) is 0 Å². The molecule has 35 heavy (non-hydrogen) atoms. The fourth-order valence-corrected chi connectivity index (χ4v) is 5.24. The zero-order valence-corrected chi connectivity index (χ0v) is 24.3. The lowest BCUT2D eigenvalue weighted by Gasteiger charge is -2.32. The van der Waals surface area contributed by atoms with Gasteiger partial charge in [0.25, 0.3) is 0 Å². The number of nitrogens with one attached hydrogen (secondary N) is 1. The molecule has 4 heteroatoms. The van der Waals surface area contributed by atoms with Gasteiger partial charge in [-0.3, -0.25) is 9.69 Å². The second kappa shape index (κ2) is 21.5.